The van der Waals surface area contributed by atoms with Crippen LogP contribution in [0.4, 0.5) is 4.79 Å². The molecule has 0 bridgehead atoms. The number of aromatic nitrogens is 3. The molecule has 38 heavy (non-hydrogen) atoms. The van der Waals surface area contributed by atoms with Crippen molar-refractivity contribution in [2.45, 2.75) is 38.5 Å². The summed E-state index contributed by atoms with van der Waals surface area (Å²) in [5.41, 5.74) is 5.37. The van der Waals surface area contributed by atoms with E-state index in [2.05, 4.69) is 28.1 Å². The second kappa shape index (κ2) is 10.5. The molecule has 2 atom stereocenters. The van der Waals surface area contributed by atoms with E-state index < -0.39 is 5.60 Å². The van der Waals surface area contributed by atoms with Gasteiger partial charge in [-0.3, -0.25) is 9.88 Å². The van der Waals surface area contributed by atoms with Gasteiger partial charge in [0, 0.05) is 57.8 Å². The Balaban J connectivity index is 1.55. The Morgan fingerprint density at radius 3 is 2.55 bits per heavy atom. The third-order valence-electron chi connectivity index (χ3n) is 6.90. The number of nitrogens with zero attached hydrogens (tertiary/aromatic N) is 5. The molecule has 2 aliphatic rings. The summed E-state index contributed by atoms with van der Waals surface area (Å²) < 4.78 is 13.6. The SMILES string of the molecule is COC(C1=Cc2cccnc2[C@@H](N2CCN(C(=O)OC(C)(C)C)CC2)c2ccc(Cl)cc21)c1cn(C)cn1. The lowest BCUT2D eigenvalue weighted by Crippen LogP contribution is -2.51. The first kappa shape index (κ1) is 26.4. The van der Waals surface area contributed by atoms with Crippen molar-refractivity contribution < 1.29 is 14.3 Å². The first-order valence-corrected chi connectivity index (χ1v) is 13.2. The number of pyridine rings is 1. The Labute approximate surface area is 228 Å². The average Bonchev–Trinajstić information content (AvgIpc) is 3.24. The number of fused-ring (bicyclic) bond motifs is 2. The largest absolute Gasteiger partial charge is 0.444 e. The van der Waals surface area contributed by atoms with Crippen LogP contribution in [-0.4, -0.2) is 69.3 Å². The zero-order valence-corrected chi connectivity index (χ0v) is 23.3. The van der Waals surface area contributed by atoms with Gasteiger partial charge in [-0.1, -0.05) is 23.7 Å². The van der Waals surface area contributed by atoms with Crippen molar-refractivity contribution in [2.75, 3.05) is 33.3 Å². The Morgan fingerprint density at radius 2 is 1.89 bits per heavy atom. The first-order chi connectivity index (χ1) is 18.1. The van der Waals surface area contributed by atoms with Crippen LogP contribution in [0, 0.1) is 0 Å². The molecule has 3 heterocycles. The number of carbonyl (C=O) groups excluding carboxylic acids is 1. The lowest BCUT2D eigenvalue weighted by Gasteiger charge is -2.40. The topological polar surface area (TPSA) is 72.7 Å². The number of rotatable bonds is 4. The van der Waals surface area contributed by atoms with Gasteiger partial charge in [-0.15, -0.1) is 0 Å². The average molecular weight is 536 g/mol. The molecule has 0 saturated carbocycles. The third-order valence-corrected chi connectivity index (χ3v) is 7.14. The summed E-state index contributed by atoms with van der Waals surface area (Å²) in [6.45, 7) is 8.19. The van der Waals surface area contributed by atoms with Crippen molar-refractivity contribution in [3.8, 4) is 0 Å². The van der Waals surface area contributed by atoms with Gasteiger partial charge in [-0.25, -0.2) is 9.78 Å². The molecule has 1 aromatic carbocycles. The van der Waals surface area contributed by atoms with Gasteiger partial charge in [0.2, 0.25) is 0 Å². The number of halogens is 1. The van der Waals surface area contributed by atoms with Crippen LogP contribution in [0.5, 0.6) is 0 Å². The van der Waals surface area contributed by atoms with Crippen molar-refractivity contribution in [1.82, 2.24) is 24.3 Å². The summed E-state index contributed by atoms with van der Waals surface area (Å²) in [5, 5.41) is 0.651. The molecular weight excluding hydrogens is 502 g/mol. The van der Waals surface area contributed by atoms with Crippen molar-refractivity contribution in [1.29, 1.82) is 0 Å². The maximum absolute atomic E-state index is 12.7. The standard InChI is InChI=1S/C29H34ClN5O3/c1-29(2,3)38-28(36)35-13-11-34(12-14-35)26-21-9-8-20(30)16-22(21)23(15-19-7-6-10-31-25(19)26)27(37-5)24-17-33(4)18-32-24/h6-10,15-18,26-27H,11-14H2,1-5H3/t26-,27?/m0/s1. The summed E-state index contributed by atoms with van der Waals surface area (Å²) in [4.78, 5) is 26.3. The van der Waals surface area contributed by atoms with E-state index in [1.54, 1.807) is 18.3 Å². The highest BCUT2D eigenvalue weighted by atomic mass is 35.5. The zero-order valence-electron chi connectivity index (χ0n) is 22.5. The summed E-state index contributed by atoms with van der Waals surface area (Å²) in [5.74, 6) is 0. The molecule has 5 rings (SSSR count). The van der Waals surface area contributed by atoms with Gasteiger partial charge in [0.1, 0.15) is 11.7 Å². The molecule has 1 fully saturated rings. The van der Waals surface area contributed by atoms with Gasteiger partial charge >= 0.3 is 6.09 Å². The quantitative estimate of drug-likeness (QED) is 0.448. The maximum Gasteiger partial charge on any atom is 0.410 e. The second-order valence-corrected chi connectivity index (χ2v) is 11.2. The minimum atomic E-state index is -0.524. The molecule has 1 aliphatic carbocycles. The monoisotopic (exact) mass is 535 g/mol. The minimum Gasteiger partial charge on any atom is -0.444 e. The number of ether oxygens (including phenoxy) is 2. The predicted octanol–water partition coefficient (Wildman–Crippen LogP) is 5.35. The van der Waals surface area contributed by atoms with E-state index in [1.165, 1.54) is 0 Å². The van der Waals surface area contributed by atoms with Crippen LogP contribution in [0.1, 0.15) is 61.0 Å². The zero-order chi connectivity index (χ0) is 27.0. The number of carbonyl (C=O) groups is 1. The van der Waals surface area contributed by atoms with Crippen LogP contribution in [-0.2, 0) is 16.5 Å². The fourth-order valence-electron chi connectivity index (χ4n) is 5.24. The fraction of sp³-hybridized carbons (Fsp3) is 0.414. The van der Waals surface area contributed by atoms with Crippen LogP contribution < -0.4 is 0 Å². The predicted molar refractivity (Wildman–Crippen MR) is 148 cm³/mol. The third kappa shape index (κ3) is 5.34. The Morgan fingerprint density at radius 1 is 1.13 bits per heavy atom. The summed E-state index contributed by atoms with van der Waals surface area (Å²) in [6, 6.07) is 9.95. The number of aryl methyl sites for hydroxylation is 1. The lowest BCUT2D eigenvalue weighted by molar-refractivity contribution is 0.0118. The van der Waals surface area contributed by atoms with E-state index in [0.717, 1.165) is 33.7 Å². The number of imidazole rings is 1. The smallest absolute Gasteiger partial charge is 0.410 e. The molecule has 1 saturated heterocycles. The van der Waals surface area contributed by atoms with E-state index in [0.29, 0.717) is 31.2 Å². The van der Waals surface area contributed by atoms with Gasteiger partial charge in [0.15, 0.2) is 0 Å². The summed E-state index contributed by atoms with van der Waals surface area (Å²) >= 11 is 6.57. The minimum absolute atomic E-state index is 0.116. The molecule has 1 amide bonds. The van der Waals surface area contributed by atoms with Gasteiger partial charge in [0.05, 0.1) is 23.8 Å². The molecule has 3 aromatic rings. The number of hydrogen-bond acceptors (Lipinski definition) is 6. The molecule has 0 radical (unpaired) electrons. The molecule has 8 nitrogen and oxygen atoms in total. The molecule has 0 spiro atoms. The Kier molecular flexibility index (Phi) is 7.31. The van der Waals surface area contributed by atoms with E-state index in [1.807, 2.05) is 63.0 Å². The van der Waals surface area contributed by atoms with Crippen molar-refractivity contribution in [2.24, 2.45) is 7.05 Å². The van der Waals surface area contributed by atoms with Gasteiger partial charge in [0.25, 0.3) is 0 Å². The highest BCUT2D eigenvalue weighted by Gasteiger charge is 2.36. The van der Waals surface area contributed by atoms with Crippen LogP contribution in [0.2, 0.25) is 5.02 Å². The van der Waals surface area contributed by atoms with E-state index in [4.69, 9.17) is 26.1 Å². The van der Waals surface area contributed by atoms with E-state index in [-0.39, 0.29) is 18.2 Å². The second-order valence-electron chi connectivity index (χ2n) is 10.8. The fourth-order valence-corrected chi connectivity index (χ4v) is 5.41. The van der Waals surface area contributed by atoms with Gasteiger partial charge < -0.3 is 18.9 Å². The first-order valence-electron chi connectivity index (χ1n) is 12.8. The van der Waals surface area contributed by atoms with Crippen LogP contribution >= 0.6 is 11.6 Å². The molecule has 1 unspecified atom stereocenters. The Hall–Kier alpha value is -3.20. The molecule has 200 valence electrons. The van der Waals surface area contributed by atoms with Gasteiger partial charge in [-0.05, 0) is 67.3 Å². The van der Waals surface area contributed by atoms with Crippen LogP contribution in [0.15, 0.2) is 49.1 Å². The van der Waals surface area contributed by atoms with E-state index >= 15 is 0 Å². The van der Waals surface area contributed by atoms with E-state index in [9.17, 15) is 4.79 Å². The number of amides is 1. The molecule has 2 aromatic heterocycles. The number of hydrogen-bond donors (Lipinski definition) is 0. The van der Waals surface area contributed by atoms with Crippen molar-refractivity contribution in [3.63, 3.8) is 0 Å². The number of benzene rings is 1. The maximum atomic E-state index is 12.7. The number of piperazine rings is 1. The number of methoxy groups -OCH3 is 1. The molecule has 1 aliphatic heterocycles. The Bertz CT molecular complexity index is 1350. The molecule has 0 N–H and O–H groups in total. The van der Waals surface area contributed by atoms with Crippen molar-refractivity contribution >= 4 is 29.3 Å². The highest BCUT2D eigenvalue weighted by Crippen LogP contribution is 2.44. The summed E-state index contributed by atoms with van der Waals surface area (Å²) in [7, 11) is 3.65. The van der Waals surface area contributed by atoms with Gasteiger partial charge in [-0.2, -0.15) is 0 Å². The van der Waals surface area contributed by atoms with Crippen LogP contribution in [0.25, 0.3) is 11.6 Å². The molecular formula is C29H34ClN5O3. The summed E-state index contributed by atoms with van der Waals surface area (Å²) in [6.07, 6.45) is 7.08. The lowest BCUT2D eigenvalue weighted by atomic mass is 9.91. The normalized spacial score (nSPS) is 18.7. The van der Waals surface area contributed by atoms with Crippen molar-refractivity contribution in [3.05, 3.63) is 82.2 Å². The molecule has 9 heteroatoms. The highest BCUT2D eigenvalue weighted by molar-refractivity contribution is 6.30. The van der Waals surface area contributed by atoms with Crippen LogP contribution in [0.3, 0.4) is 0 Å².